The lowest BCUT2D eigenvalue weighted by atomic mass is 9.91. The maximum Gasteiger partial charge on any atom is 0.311 e. The van der Waals surface area contributed by atoms with Crippen molar-refractivity contribution < 1.29 is 19.4 Å². The number of aliphatic hydroxyl groups is 1. The fourth-order valence-corrected chi connectivity index (χ4v) is 2.85. The Bertz CT molecular complexity index is 273. The van der Waals surface area contributed by atoms with Gasteiger partial charge in [-0.3, -0.25) is 9.59 Å². The summed E-state index contributed by atoms with van der Waals surface area (Å²) in [6.45, 7) is 0. The zero-order chi connectivity index (χ0) is 10.3. The van der Waals surface area contributed by atoms with E-state index in [2.05, 4.69) is 4.74 Å². The van der Waals surface area contributed by atoms with E-state index in [1.807, 2.05) is 0 Å². The molecule has 0 heterocycles. The minimum atomic E-state index is -0.620. The van der Waals surface area contributed by atoms with E-state index in [0.717, 1.165) is 0 Å². The molecule has 0 bridgehead atoms. The van der Waals surface area contributed by atoms with Crippen molar-refractivity contribution in [2.75, 3.05) is 7.11 Å². The van der Waals surface area contributed by atoms with Crippen molar-refractivity contribution in [2.45, 2.75) is 25.4 Å². The zero-order valence-corrected chi connectivity index (χ0v) is 8.10. The second-order valence-electron chi connectivity index (χ2n) is 4.22. The Morgan fingerprint density at radius 3 is 2.86 bits per heavy atom. The van der Waals surface area contributed by atoms with Gasteiger partial charge >= 0.3 is 5.97 Å². The molecule has 0 saturated heterocycles. The molecule has 2 aliphatic rings. The Morgan fingerprint density at radius 2 is 2.21 bits per heavy atom. The maximum absolute atomic E-state index is 11.4. The number of carbonyl (C=O) groups is 2. The summed E-state index contributed by atoms with van der Waals surface area (Å²) in [5, 5.41) is 9.67. The van der Waals surface area contributed by atoms with Crippen molar-refractivity contribution >= 4 is 11.8 Å². The molecule has 4 unspecified atom stereocenters. The predicted molar refractivity (Wildman–Crippen MR) is 47.4 cm³/mol. The first kappa shape index (κ1) is 9.65. The summed E-state index contributed by atoms with van der Waals surface area (Å²) in [6.07, 6.45) is 0.901. The standard InChI is InChI=1S/C10H14O4/c1-14-10(13)9-7-4-6(11)2-5(7)3-8(9)12/h5,7-9,12H,2-4H2,1H3. The molecule has 0 amide bonds. The molecule has 0 radical (unpaired) electrons. The van der Waals surface area contributed by atoms with Crippen LogP contribution in [0.2, 0.25) is 0 Å². The van der Waals surface area contributed by atoms with Crippen LogP contribution in [-0.2, 0) is 14.3 Å². The average Bonchev–Trinajstić information content (AvgIpc) is 2.58. The van der Waals surface area contributed by atoms with Crippen LogP contribution in [0.1, 0.15) is 19.3 Å². The quantitative estimate of drug-likeness (QED) is 0.608. The van der Waals surface area contributed by atoms with Gasteiger partial charge in [-0.1, -0.05) is 0 Å². The molecule has 2 fully saturated rings. The van der Waals surface area contributed by atoms with E-state index in [4.69, 9.17) is 0 Å². The third-order valence-electron chi connectivity index (χ3n) is 3.45. The Labute approximate surface area is 82.2 Å². The summed E-state index contributed by atoms with van der Waals surface area (Å²) in [4.78, 5) is 22.6. The lowest BCUT2D eigenvalue weighted by Gasteiger charge is -2.17. The van der Waals surface area contributed by atoms with Crippen molar-refractivity contribution in [3.8, 4) is 0 Å². The summed E-state index contributed by atoms with van der Waals surface area (Å²) in [6, 6.07) is 0. The number of carbonyl (C=O) groups excluding carboxylic acids is 2. The van der Waals surface area contributed by atoms with Crippen LogP contribution in [0.5, 0.6) is 0 Å². The number of fused-ring (bicyclic) bond motifs is 1. The molecule has 0 aromatic rings. The van der Waals surface area contributed by atoms with E-state index in [0.29, 0.717) is 19.3 Å². The smallest absolute Gasteiger partial charge is 0.311 e. The maximum atomic E-state index is 11.4. The largest absolute Gasteiger partial charge is 0.469 e. The molecule has 4 nitrogen and oxygen atoms in total. The topological polar surface area (TPSA) is 63.6 Å². The lowest BCUT2D eigenvalue weighted by molar-refractivity contribution is -0.150. The van der Waals surface area contributed by atoms with Crippen LogP contribution in [0.25, 0.3) is 0 Å². The van der Waals surface area contributed by atoms with Crippen LogP contribution in [0.15, 0.2) is 0 Å². The van der Waals surface area contributed by atoms with Gasteiger partial charge in [0, 0.05) is 12.8 Å². The molecule has 4 atom stereocenters. The number of esters is 1. The van der Waals surface area contributed by atoms with Gasteiger partial charge in [0.05, 0.1) is 19.1 Å². The first-order chi connectivity index (χ1) is 6.63. The van der Waals surface area contributed by atoms with E-state index in [1.165, 1.54) is 7.11 Å². The van der Waals surface area contributed by atoms with Crippen molar-refractivity contribution in [1.29, 1.82) is 0 Å². The summed E-state index contributed by atoms with van der Waals surface area (Å²) >= 11 is 0. The molecular formula is C10H14O4. The third kappa shape index (κ3) is 1.34. The highest BCUT2D eigenvalue weighted by Crippen LogP contribution is 2.46. The van der Waals surface area contributed by atoms with Gasteiger partial charge in [-0.05, 0) is 18.3 Å². The molecule has 4 heteroatoms. The molecule has 0 spiro atoms. The lowest BCUT2D eigenvalue weighted by Crippen LogP contribution is -2.29. The Balaban J connectivity index is 2.16. The van der Waals surface area contributed by atoms with Crippen LogP contribution in [0.3, 0.4) is 0 Å². The van der Waals surface area contributed by atoms with Crippen LogP contribution in [0, 0.1) is 17.8 Å². The number of ketones is 1. The van der Waals surface area contributed by atoms with Crippen molar-refractivity contribution in [3.63, 3.8) is 0 Å². The number of aliphatic hydroxyl groups excluding tert-OH is 1. The molecule has 14 heavy (non-hydrogen) atoms. The monoisotopic (exact) mass is 198 g/mol. The number of ether oxygens (including phenoxy) is 1. The highest BCUT2D eigenvalue weighted by molar-refractivity contribution is 5.84. The fourth-order valence-electron chi connectivity index (χ4n) is 2.85. The van der Waals surface area contributed by atoms with E-state index in [9.17, 15) is 14.7 Å². The van der Waals surface area contributed by atoms with Gasteiger partial charge in [0.1, 0.15) is 5.78 Å². The number of hydrogen-bond donors (Lipinski definition) is 1. The van der Waals surface area contributed by atoms with E-state index >= 15 is 0 Å². The summed E-state index contributed by atoms with van der Waals surface area (Å²) in [7, 11) is 1.32. The molecule has 2 rings (SSSR count). The number of methoxy groups -OCH3 is 1. The van der Waals surface area contributed by atoms with Gasteiger partial charge in [0.2, 0.25) is 0 Å². The zero-order valence-electron chi connectivity index (χ0n) is 8.10. The average molecular weight is 198 g/mol. The first-order valence-corrected chi connectivity index (χ1v) is 4.91. The normalized spacial score (nSPS) is 41.1. The predicted octanol–water partition coefficient (Wildman–Crippen LogP) is 0.135. The van der Waals surface area contributed by atoms with Gasteiger partial charge < -0.3 is 9.84 Å². The van der Waals surface area contributed by atoms with E-state index < -0.39 is 12.0 Å². The van der Waals surface area contributed by atoms with E-state index in [1.54, 1.807) is 0 Å². The van der Waals surface area contributed by atoms with Gasteiger partial charge in [-0.15, -0.1) is 0 Å². The summed E-state index contributed by atoms with van der Waals surface area (Å²) in [5.74, 6) is -0.427. The Morgan fingerprint density at radius 1 is 1.50 bits per heavy atom. The summed E-state index contributed by atoms with van der Waals surface area (Å²) in [5.41, 5.74) is 0. The minimum absolute atomic E-state index is 0.0185. The minimum Gasteiger partial charge on any atom is -0.469 e. The van der Waals surface area contributed by atoms with Crippen LogP contribution >= 0.6 is 0 Å². The van der Waals surface area contributed by atoms with Gasteiger partial charge in [-0.25, -0.2) is 0 Å². The summed E-state index contributed by atoms with van der Waals surface area (Å²) < 4.78 is 4.64. The highest BCUT2D eigenvalue weighted by atomic mass is 16.5. The first-order valence-electron chi connectivity index (χ1n) is 4.91. The Hall–Kier alpha value is -0.900. The van der Waals surface area contributed by atoms with Gasteiger partial charge in [0.15, 0.2) is 0 Å². The third-order valence-corrected chi connectivity index (χ3v) is 3.45. The second-order valence-corrected chi connectivity index (χ2v) is 4.22. The molecule has 78 valence electrons. The number of hydrogen-bond acceptors (Lipinski definition) is 4. The second kappa shape index (κ2) is 3.35. The van der Waals surface area contributed by atoms with E-state index in [-0.39, 0.29) is 23.6 Å². The van der Waals surface area contributed by atoms with Crippen molar-refractivity contribution in [3.05, 3.63) is 0 Å². The molecule has 0 aromatic carbocycles. The number of rotatable bonds is 1. The Kier molecular flexibility index (Phi) is 2.31. The molecule has 2 saturated carbocycles. The SMILES string of the molecule is COC(=O)C1C(O)CC2CC(=O)CC21. The fraction of sp³-hybridized carbons (Fsp3) is 0.800. The van der Waals surface area contributed by atoms with Gasteiger partial charge in [-0.2, -0.15) is 0 Å². The molecular weight excluding hydrogens is 184 g/mol. The molecule has 0 aromatic heterocycles. The van der Waals surface area contributed by atoms with Gasteiger partial charge in [0.25, 0.3) is 0 Å². The van der Waals surface area contributed by atoms with Crippen LogP contribution < -0.4 is 0 Å². The molecule has 1 N–H and O–H groups in total. The number of Topliss-reactive ketones (excluding diaryl/α,β-unsaturated/α-hetero) is 1. The van der Waals surface area contributed by atoms with Crippen LogP contribution in [0.4, 0.5) is 0 Å². The van der Waals surface area contributed by atoms with Crippen molar-refractivity contribution in [2.24, 2.45) is 17.8 Å². The highest BCUT2D eigenvalue weighted by Gasteiger charge is 2.51. The molecule has 2 aliphatic carbocycles. The van der Waals surface area contributed by atoms with Crippen molar-refractivity contribution in [1.82, 2.24) is 0 Å². The molecule has 0 aliphatic heterocycles. The van der Waals surface area contributed by atoms with Crippen LogP contribution in [-0.4, -0.2) is 30.1 Å².